The highest BCUT2D eigenvalue weighted by Crippen LogP contribution is 2.03. The average molecular weight is 292 g/mol. The molecule has 20 heavy (non-hydrogen) atoms. The molecule has 0 saturated heterocycles. The molecule has 0 saturated carbocycles. The summed E-state index contributed by atoms with van der Waals surface area (Å²) in [6, 6.07) is 1.50. The summed E-state index contributed by atoms with van der Waals surface area (Å²) in [5.41, 5.74) is 0. The summed E-state index contributed by atoms with van der Waals surface area (Å²) in [6.07, 6.45) is -2.33. The van der Waals surface area contributed by atoms with Gasteiger partial charge in [-0.25, -0.2) is 0 Å². The number of carbonyl (C=O) groups is 1. The molecule has 0 aromatic heterocycles. The summed E-state index contributed by atoms with van der Waals surface area (Å²) in [4.78, 5) is 8.33. The Bertz CT molecular complexity index is 226. The summed E-state index contributed by atoms with van der Waals surface area (Å²) < 4.78 is 2.25. The second-order valence-electron chi connectivity index (χ2n) is 6.63. The summed E-state index contributed by atoms with van der Waals surface area (Å²) >= 11 is 0. The highest BCUT2D eigenvalue weighted by Gasteiger charge is 2.15. The van der Waals surface area contributed by atoms with Gasteiger partial charge in [-0.3, -0.25) is 0 Å². The molecule has 0 rings (SSSR count). The number of carboxylic acid groups (broad SMARTS) is 2. The lowest BCUT2D eigenvalue weighted by molar-refractivity contribution is -0.909. The van der Waals surface area contributed by atoms with Crippen LogP contribution in [0, 0.1) is 0 Å². The van der Waals surface area contributed by atoms with Crippen molar-refractivity contribution in [2.45, 2.75) is 53.6 Å². The van der Waals surface area contributed by atoms with E-state index in [0.717, 1.165) is 21.0 Å². The fraction of sp³-hybridized carbons (Fsp3) is 0.933. The number of quaternary nitrogens is 2. The van der Waals surface area contributed by atoms with Gasteiger partial charge in [-0.2, -0.15) is 0 Å². The van der Waals surface area contributed by atoms with Gasteiger partial charge in [0.1, 0.15) is 0 Å². The van der Waals surface area contributed by atoms with Gasteiger partial charge in [0.25, 0.3) is 0 Å². The molecule has 0 unspecified atom stereocenters. The molecule has 0 spiro atoms. The van der Waals surface area contributed by atoms with Crippen molar-refractivity contribution in [1.82, 2.24) is 0 Å². The van der Waals surface area contributed by atoms with E-state index >= 15 is 0 Å². The molecule has 0 aromatic rings. The molecule has 0 fully saturated rings. The predicted octanol–water partition coefficient (Wildman–Crippen LogP) is 0.535. The van der Waals surface area contributed by atoms with Crippen LogP contribution in [0.15, 0.2) is 0 Å². The van der Waals surface area contributed by atoms with Gasteiger partial charge >= 0.3 is 0 Å². The van der Waals surface area contributed by atoms with Crippen LogP contribution >= 0.6 is 0 Å². The van der Waals surface area contributed by atoms with Crippen LogP contribution in [0.3, 0.4) is 0 Å². The van der Waals surface area contributed by atoms with Crippen molar-refractivity contribution in [1.29, 1.82) is 0 Å². The predicted molar refractivity (Wildman–Crippen MR) is 81.0 cm³/mol. The summed E-state index contributed by atoms with van der Waals surface area (Å²) in [5, 5.41) is 16.7. The van der Waals surface area contributed by atoms with Crippen molar-refractivity contribution in [2.75, 3.05) is 41.3 Å². The van der Waals surface area contributed by atoms with E-state index in [1.165, 1.54) is 13.1 Å². The van der Waals surface area contributed by atoms with Crippen LogP contribution in [0.2, 0.25) is 0 Å². The number of rotatable bonds is 4. The lowest BCUT2D eigenvalue weighted by Gasteiger charge is -2.32. The van der Waals surface area contributed by atoms with E-state index in [0.29, 0.717) is 0 Å². The number of hydrogen-bond acceptors (Lipinski definition) is 3. The van der Waals surface area contributed by atoms with E-state index in [1.807, 2.05) is 0 Å². The van der Waals surface area contributed by atoms with Crippen LogP contribution in [-0.2, 0) is 0 Å². The van der Waals surface area contributed by atoms with Gasteiger partial charge in [0, 0.05) is 0 Å². The summed E-state index contributed by atoms with van der Waals surface area (Å²) in [6.45, 7) is 15.9. The maximum Gasteiger partial charge on any atom is 0.0829 e. The van der Waals surface area contributed by atoms with Gasteiger partial charge in [0.15, 0.2) is 0 Å². The summed E-state index contributed by atoms with van der Waals surface area (Å²) in [5.74, 6) is 0. The molecule has 5 heteroatoms. The molecule has 0 aliphatic heterocycles. The normalized spacial score (nSPS) is 11.4. The van der Waals surface area contributed by atoms with E-state index in [1.54, 1.807) is 0 Å². The second-order valence-corrected chi connectivity index (χ2v) is 6.63. The fourth-order valence-electron chi connectivity index (χ4n) is 0.730. The van der Waals surface area contributed by atoms with Crippen LogP contribution < -0.4 is 10.2 Å². The Labute approximate surface area is 126 Å². The third-order valence-corrected chi connectivity index (χ3v) is 4.43. The van der Waals surface area contributed by atoms with Crippen molar-refractivity contribution in [3.05, 3.63) is 0 Å². The minimum absolute atomic E-state index is 0.750. The molecule has 0 N–H and O–H groups in total. The Morgan fingerprint density at radius 1 is 0.800 bits per heavy atom. The third kappa shape index (κ3) is 15.2. The average Bonchev–Trinajstić information content (AvgIpc) is 2.28. The first kappa shape index (κ1) is 24.2. The van der Waals surface area contributed by atoms with Crippen molar-refractivity contribution in [2.24, 2.45) is 0 Å². The van der Waals surface area contributed by atoms with Crippen molar-refractivity contribution >= 4 is 6.16 Å². The van der Waals surface area contributed by atoms with Crippen molar-refractivity contribution < 1.29 is 24.0 Å². The Kier molecular flexibility index (Phi) is 13.2. The van der Waals surface area contributed by atoms with Crippen LogP contribution in [0.5, 0.6) is 0 Å². The first-order valence-corrected chi connectivity index (χ1v) is 7.27. The number of nitrogens with zero attached hydrogens (tertiary/aromatic N) is 2. The number of carbonyl (C=O) groups excluding carboxylic acids is 1. The van der Waals surface area contributed by atoms with E-state index in [-0.39, 0.29) is 0 Å². The Balaban J connectivity index is -0.000000230. The minimum Gasteiger partial charge on any atom is -0.652 e. The van der Waals surface area contributed by atoms with Crippen LogP contribution in [0.4, 0.5) is 4.79 Å². The first-order chi connectivity index (χ1) is 8.74. The molecular weight excluding hydrogens is 256 g/mol. The highest BCUT2D eigenvalue weighted by molar-refractivity contribution is 5.47. The Morgan fingerprint density at radius 3 is 0.950 bits per heavy atom. The van der Waals surface area contributed by atoms with Crippen molar-refractivity contribution in [3.63, 3.8) is 0 Å². The lowest BCUT2D eigenvalue weighted by atomic mass is 10.3. The zero-order valence-electron chi connectivity index (χ0n) is 15.2. The monoisotopic (exact) mass is 292 g/mol. The van der Waals surface area contributed by atoms with E-state index < -0.39 is 6.16 Å². The quantitative estimate of drug-likeness (QED) is 0.710. The molecule has 5 nitrogen and oxygen atoms in total. The minimum atomic E-state index is -2.33. The molecular formula is C15H36N2O3. The van der Waals surface area contributed by atoms with Crippen LogP contribution in [0.1, 0.15) is 41.5 Å². The molecule has 0 bridgehead atoms. The topological polar surface area (TPSA) is 63.2 Å². The second kappa shape index (κ2) is 10.9. The van der Waals surface area contributed by atoms with Gasteiger partial charge in [-0.15, -0.1) is 0 Å². The molecule has 0 heterocycles. The van der Waals surface area contributed by atoms with Crippen molar-refractivity contribution in [3.8, 4) is 0 Å². The standard InChI is InChI=1S/2C7H18N.CH2O3/c2*1-6-8(4,5)7(2)3;2-1(3)4/h2*7H,6H2,1-5H3;(H2,2,3,4)/q2*+1;/p-2. The largest absolute Gasteiger partial charge is 0.652 e. The van der Waals surface area contributed by atoms with Gasteiger partial charge in [-0.1, -0.05) is 0 Å². The Hall–Kier alpha value is -0.810. The SMILES string of the molecule is CC[N+](C)(C)C(C)C.CC[N+](C)(C)C(C)C.O=C([O-])[O-]. The highest BCUT2D eigenvalue weighted by atomic mass is 16.6. The van der Waals surface area contributed by atoms with Gasteiger partial charge in [0.2, 0.25) is 0 Å². The van der Waals surface area contributed by atoms with Gasteiger partial charge < -0.3 is 24.0 Å². The molecule has 124 valence electrons. The van der Waals surface area contributed by atoms with Crippen LogP contribution in [0.25, 0.3) is 0 Å². The van der Waals surface area contributed by atoms with Gasteiger partial charge in [-0.05, 0) is 47.7 Å². The molecule has 0 aliphatic carbocycles. The van der Waals surface area contributed by atoms with E-state index in [2.05, 4.69) is 69.7 Å². The maximum absolute atomic E-state index is 8.33. The molecule has 0 amide bonds. The smallest absolute Gasteiger partial charge is 0.0829 e. The lowest BCUT2D eigenvalue weighted by Crippen LogP contribution is -2.45. The van der Waals surface area contributed by atoms with Gasteiger partial charge in [0.05, 0.1) is 53.4 Å². The first-order valence-electron chi connectivity index (χ1n) is 7.27. The maximum atomic E-state index is 8.33. The molecule has 0 aromatic carbocycles. The molecule has 0 atom stereocenters. The van der Waals surface area contributed by atoms with E-state index in [4.69, 9.17) is 15.0 Å². The Morgan fingerprint density at radius 2 is 0.950 bits per heavy atom. The van der Waals surface area contributed by atoms with E-state index in [9.17, 15) is 0 Å². The van der Waals surface area contributed by atoms with Crippen LogP contribution in [-0.4, -0.2) is 68.5 Å². The summed E-state index contributed by atoms with van der Waals surface area (Å²) in [7, 11) is 9.02. The zero-order chi connectivity index (χ0) is 17.1. The number of hydrogen-bond donors (Lipinski definition) is 0. The fourth-order valence-corrected chi connectivity index (χ4v) is 0.730. The molecule has 0 radical (unpaired) electrons. The molecule has 0 aliphatic rings. The third-order valence-electron chi connectivity index (χ3n) is 4.43. The zero-order valence-corrected chi connectivity index (χ0v) is 15.2.